The van der Waals surface area contributed by atoms with Crippen molar-refractivity contribution in [3.63, 3.8) is 0 Å². The highest BCUT2D eigenvalue weighted by molar-refractivity contribution is 7.13. The van der Waals surface area contributed by atoms with Crippen LogP contribution in [0.3, 0.4) is 0 Å². The molecule has 0 fully saturated rings. The fourth-order valence-corrected chi connectivity index (χ4v) is 1.17. The zero-order valence-electron chi connectivity index (χ0n) is 6.14. The van der Waals surface area contributed by atoms with Crippen LogP contribution in [0.25, 0.3) is 0 Å². The van der Waals surface area contributed by atoms with Gasteiger partial charge in [0.15, 0.2) is 0 Å². The molecule has 1 N–H and O–H groups in total. The number of hydrogen-bond acceptors (Lipinski definition) is 4. The van der Waals surface area contributed by atoms with Crippen LogP contribution in [-0.4, -0.2) is 21.4 Å². The second-order valence-corrected chi connectivity index (χ2v) is 2.92. The molecule has 0 bridgehead atoms. The molecule has 0 aromatic carbocycles. The van der Waals surface area contributed by atoms with E-state index in [0.29, 0.717) is 5.13 Å². The number of aromatic amines is 1. The summed E-state index contributed by atoms with van der Waals surface area (Å²) in [6, 6.07) is 3.85. The molecule has 2 heterocycles. The Hall–Kier alpha value is -1.49. The Labute approximate surface area is 73.0 Å². The van der Waals surface area contributed by atoms with Crippen molar-refractivity contribution in [1.29, 1.82) is 0 Å². The SMILES string of the molecule is C(=Nc1nncs1)c1ccc[nH]1. The van der Waals surface area contributed by atoms with E-state index >= 15 is 0 Å². The van der Waals surface area contributed by atoms with Crippen LogP contribution in [0.4, 0.5) is 5.13 Å². The monoisotopic (exact) mass is 178 g/mol. The Morgan fingerprint density at radius 2 is 2.58 bits per heavy atom. The Balaban J connectivity index is 2.14. The van der Waals surface area contributed by atoms with Crippen LogP contribution in [-0.2, 0) is 0 Å². The summed E-state index contributed by atoms with van der Waals surface area (Å²) in [6.07, 6.45) is 3.57. The smallest absolute Gasteiger partial charge is 0.231 e. The third kappa shape index (κ3) is 1.57. The molecule has 2 aromatic heterocycles. The van der Waals surface area contributed by atoms with Crippen LogP contribution < -0.4 is 0 Å². The lowest BCUT2D eigenvalue weighted by Crippen LogP contribution is -1.77. The Morgan fingerprint density at radius 3 is 3.25 bits per heavy atom. The van der Waals surface area contributed by atoms with Gasteiger partial charge in [-0.25, -0.2) is 4.99 Å². The first-order chi connectivity index (χ1) is 5.95. The van der Waals surface area contributed by atoms with Gasteiger partial charge in [0, 0.05) is 6.20 Å². The van der Waals surface area contributed by atoms with E-state index in [1.807, 2.05) is 18.3 Å². The highest BCUT2D eigenvalue weighted by Crippen LogP contribution is 2.11. The number of nitrogens with zero attached hydrogens (tertiary/aromatic N) is 3. The van der Waals surface area contributed by atoms with Gasteiger partial charge in [-0.3, -0.25) is 0 Å². The van der Waals surface area contributed by atoms with Crippen LogP contribution in [0, 0.1) is 0 Å². The van der Waals surface area contributed by atoms with Gasteiger partial charge in [-0.2, -0.15) is 0 Å². The Morgan fingerprint density at radius 1 is 1.58 bits per heavy atom. The van der Waals surface area contributed by atoms with E-state index in [1.165, 1.54) is 11.3 Å². The molecule has 0 radical (unpaired) electrons. The van der Waals surface area contributed by atoms with Gasteiger partial charge in [-0.05, 0) is 12.1 Å². The first-order valence-corrected chi connectivity index (χ1v) is 4.27. The fraction of sp³-hybridized carbons (Fsp3) is 0. The average Bonchev–Trinajstić information content (AvgIpc) is 2.74. The van der Waals surface area contributed by atoms with Crippen LogP contribution in [0.5, 0.6) is 0 Å². The van der Waals surface area contributed by atoms with E-state index in [2.05, 4.69) is 20.2 Å². The minimum absolute atomic E-state index is 0.671. The van der Waals surface area contributed by atoms with E-state index in [9.17, 15) is 0 Å². The van der Waals surface area contributed by atoms with E-state index in [4.69, 9.17) is 0 Å². The Bertz CT molecular complexity index is 312. The van der Waals surface area contributed by atoms with Crippen LogP contribution >= 0.6 is 11.3 Å². The number of hydrogen-bond donors (Lipinski definition) is 1. The van der Waals surface area contributed by atoms with Crippen molar-refractivity contribution in [2.75, 3.05) is 0 Å². The summed E-state index contributed by atoms with van der Waals surface area (Å²) in [5, 5.41) is 8.11. The molecule has 4 nitrogen and oxygen atoms in total. The minimum Gasteiger partial charge on any atom is -0.360 e. The highest BCUT2D eigenvalue weighted by Gasteiger charge is 1.90. The number of rotatable bonds is 2. The molecule has 2 rings (SSSR count). The van der Waals surface area contributed by atoms with Gasteiger partial charge in [0.25, 0.3) is 0 Å². The van der Waals surface area contributed by atoms with Gasteiger partial charge in [0.05, 0.1) is 11.9 Å². The van der Waals surface area contributed by atoms with Crippen molar-refractivity contribution < 1.29 is 0 Å². The van der Waals surface area contributed by atoms with E-state index < -0.39 is 0 Å². The molecule has 0 aliphatic carbocycles. The molecule has 0 saturated heterocycles. The predicted molar refractivity (Wildman–Crippen MR) is 48.0 cm³/mol. The lowest BCUT2D eigenvalue weighted by Gasteiger charge is -1.81. The quantitative estimate of drug-likeness (QED) is 0.710. The van der Waals surface area contributed by atoms with Crippen LogP contribution in [0.2, 0.25) is 0 Å². The molecule has 0 aliphatic rings. The third-order valence-corrected chi connectivity index (χ3v) is 1.88. The molecule has 2 aromatic rings. The van der Waals surface area contributed by atoms with Gasteiger partial charge in [-0.15, -0.1) is 10.2 Å². The normalized spacial score (nSPS) is 11.0. The lowest BCUT2D eigenvalue weighted by atomic mass is 10.5. The van der Waals surface area contributed by atoms with Gasteiger partial charge < -0.3 is 4.98 Å². The Kier molecular flexibility index (Phi) is 1.96. The van der Waals surface area contributed by atoms with Crippen molar-refractivity contribution in [3.05, 3.63) is 29.5 Å². The van der Waals surface area contributed by atoms with Gasteiger partial charge in [0.1, 0.15) is 5.51 Å². The molecule has 0 amide bonds. The van der Waals surface area contributed by atoms with E-state index in [-0.39, 0.29) is 0 Å². The molecule has 0 atom stereocenters. The first-order valence-electron chi connectivity index (χ1n) is 3.39. The van der Waals surface area contributed by atoms with Crippen molar-refractivity contribution in [2.45, 2.75) is 0 Å². The van der Waals surface area contributed by atoms with E-state index in [1.54, 1.807) is 11.7 Å². The summed E-state index contributed by atoms with van der Waals surface area (Å²) in [4.78, 5) is 7.10. The number of aromatic nitrogens is 3. The molecule has 60 valence electrons. The topological polar surface area (TPSA) is 53.9 Å². The fourth-order valence-electron chi connectivity index (χ4n) is 0.773. The summed E-state index contributed by atoms with van der Waals surface area (Å²) in [7, 11) is 0. The molecule has 0 unspecified atom stereocenters. The van der Waals surface area contributed by atoms with Gasteiger partial charge in [0.2, 0.25) is 5.13 Å². The van der Waals surface area contributed by atoms with E-state index in [0.717, 1.165) is 5.69 Å². The molecule has 5 heteroatoms. The standard InChI is InChI=1S/C7H6N4S/c1-2-6(8-3-1)4-9-7-11-10-5-12-7/h1-5,8H. The highest BCUT2D eigenvalue weighted by atomic mass is 32.1. The maximum atomic E-state index is 4.10. The third-order valence-electron chi connectivity index (χ3n) is 1.28. The minimum atomic E-state index is 0.671. The molecule has 0 aliphatic heterocycles. The lowest BCUT2D eigenvalue weighted by molar-refractivity contribution is 1.08. The zero-order chi connectivity index (χ0) is 8.23. The predicted octanol–water partition coefficient (Wildman–Crippen LogP) is 1.62. The second-order valence-electron chi connectivity index (χ2n) is 2.10. The molecule has 0 spiro atoms. The molecular weight excluding hydrogens is 172 g/mol. The summed E-state index contributed by atoms with van der Waals surface area (Å²) in [5.41, 5.74) is 2.62. The van der Waals surface area contributed by atoms with Crippen LogP contribution in [0.15, 0.2) is 28.8 Å². The number of aliphatic imine (C=N–C) groups is 1. The summed E-state index contributed by atoms with van der Waals surface area (Å²) in [5.74, 6) is 0. The average molecular weight is 178 g/mol. The first kappa shape index (κ1) is 7.17. The van der Waals surface area contributed by atoms with Crippen molar-refractivity contribution >= 4 is 22.7 Å². The van der Waals surface area contributed by atoms with Gasteiger partial charge in [-0.1, -0.05) is 11.3 Å². The molecule has 0 saturated carbocycles. The summed E-state index contributed by atoms with van der Waals surface area (Å²) < 4.78 is 0. The molecular formula is C7H6N4S. The zero-order valence-corrected chi connectivity index (χ0v) is 6.95. The molecule has 12 heavy (non-hydrogen) atoms. The largest absolute Gasteiger partial charge is 0.360 e. The van der Waals surface area contributed by atoms with Crippen molar-refractivity contribution in [1.82, 2.24) is 15.2 Å². The summed E-state index contributed by atoms with van der Waals surface area (Å²) in [6.45, 7) is 0. The maximum Gasteiger partial charge on any atom is 0.231 e. The maximum absolute atomic E-state index is 4.10. The number of nitrogens with one attached hydrogen (secondary N) is 1. The van der Waals surface area contributed by atoms with Crippen molar-refractivity contribution in [2.24, 2.45) is 4.99 Å². The van der Waals surface area contributed by atoms with Gasteiger partial charge >= 0.3 is 0 Å². The van der Waals surface area contributed by atoms with Crippen LogP contribution in [0.1, 0.15) is 5.69 Å². The number of H-pyrrole nitrogens is 1. The van der Waals surface area contributed by atoms with Crippen molar-refractivity contribution in [3.8, 4) is 0 Å². The summed E-state index contributed by atoms with van der Waals surface area (Å²) >= 11 is 1.41. The second kappa shape index (κ2) is 3.27.